The van der Waals surface area contributed by atoms with Gasteiger partial charge in [0.2, 0.25) is 0 Å². The molecule has 14 heavy (non-hydrogen) atoms. The van der Waals surface area contributed by atoms with Gasteiger partial charge in [0.1, 0.15) is 5.75 Å². The fraction of sp³-hybridized carbons (Fsp3) is 0.273. The molecule has 0 fully saturated rings. The fourth-order valence-corrected chi connectivity index (χ4v) is 1.35. The summed E-state index contributed by atoms with van der Waals surface area (Å²) >= 11 is 9.30. The lowest BCUT2D eigenvalue weighted by molar-refractivity contribution is 0.415. The molecule has 74 valence electrons. The predicted octanol–water partition coefficient (Wildman–Crippen LogP) is 3.49. The number of methoxy groups -OCH3 is 1. The van der Waals surface area contributed by atoms with Crippen molar-refractivity contribution in [2.75, 3.05) is 12.4 Å². The minimum Gasteiger partial charge on any atom is -0.497 e. The van der Waals surface area contributed by atoms with E-state index in [1.54, 1.807) is 13.2 Å². The minimum absolute atomic E-state index is 0.631. The highest BCUT2D eigenvalue weighted by Gasteiger charge is 1.98. The number of rotatable bonds is 2. The van der Waals surface area contributed by atoms with Crippen LogP contribution in [0.2, 0.25) is 5.02 Å². The molecule has 1 rings (SSSR count). The van der Waals surface area contributed by atoms with Gasteiger partial charge >= 0.3 is 0 Å². The van der Waals surface area contributed by atoms with Gasteiger partial charge in [0, 0.05) is 17.3 Å². The lowest BCUT2D eigenvalue weighted by Gasteiger charge is -2.00. The van der Waals surface area contributed by atoms with Gasteiger partial charge in [-0.2, -0.15) is 0 Å². The first-order valence-corrected chi connectivity index (χ1v) is 5.66. The van der Waals surface area contributed by atoms with Crippen LogP contribution in [0, 0.1) is 11.8 Å². The quantitative estimate of drug-likeness (QED) is 0.592. The maximum absolute atomic E-state index is 5.99. The topological polar surface area (TPSA) is 9.23 Å². The molecule has 1 aromatic rings. The van der Waals surface area contributed by atoms with Crippen molar-refractivity contribution in [3.8, 4) is 17.6 Å². The third-order valence-electron chi connectivity index (χ3n) is 1.62. The Balaban J connectivity index is 2.85. The van der Waals surface area contributed by atoms with Crippen molar-refractivity contribution < 1.29 is 4.74 Å². The van der Waals surface area contributed by atoms with E-state index in [4.69, 9.17) is 16.3 Å². The molecule has 1 aromatic carbocycles. The lowest BCUT2D eigenvalue weighted by Crippen LogP contribution is -1.84. The summed E-state index contributed by atoms with van der Waals surface area (Å²) in [5.41, 5.74) is 0.841. The molecule has 0 saturated heterocycles. The first-order chi connectivity index (χ1) is 6.77. The third-order valence-corrected chi connectivity index (χ3v) is 2.33. The van der Waals surface area contributed by atoms with Crippen LogP contribution < -0.4 is 4.74 Å². The number of hydrogen-bond donors (Lipinski definition) is 0. The highest BCUT2D eigenvalue weighted by Crippen LogP contribution is 2.21. The molecule has 3 heteroatoms. The molecule has 0 aliphatic rings. The zero-order valence-electron chi connectivity index (χ0n) is 7.81. The summed E-state index contributed by atoms with van der Waals surface area (Å²) in [5, 5.41) is 1.51. The monoisotopic (exact) mass is 272 g/mol. The Morgan fingerprint density at radius 1 is 1.50 bits per heavy atom. The van der Waals surface area contributed by atoms with Gasteiger partial charge in [-0.1, -0.05) is 39.4 Å². The zero-order valence-corrected chi connectivity index (χ0v) is 10.2. The van der Waals surface area contributed by atoms with Crippen molar-refractivity contribution in [1.29, 1.82) is 0 Å². The number of ether oxygens (including phenoxy) is 1. The van der Waals surface area contributed by atoms with E-state index in [0.29, 0.717) is 5.02 Å². The lowest BCUT2D eigenvalue weighted by atomic mass is 10.2. The highest BCUT2D eigenvalue weighted by atomic mass is 79.9. The van der Waals surface area contributed by atoms with E-state index < -0.39 is 0 Å². The van der Waals surface area contributed by atoms with Gasteiger partial charge in [0.15, 0.2) is 0 Å². The van der Waals surface area contributed by atoms with Crippen molar-refractivity contribution in [1.82, 2.24) is 0 Å². The molecule has 0 aliphatic carbocycles. The molecule has 1 nitrogen and oxygen atoms in total. The summed E-state index contributed by atoms with van der Waals surface area (Å²) in [6, 6.07) is 5.48. The van der Waals surface area contributed by atoms with Gasteiger partial charge in [-0.3, -0.25) is 0 Å². The summed E-state index contributed by atoms with van der Waals surface area (Å²) < 4.78 is 5.04. The summed E-state index contributed by atoms with van der Waals surface area (Å²) in [4.78, 5) is 0. The Kier molecular flexibility index (Phi) is 4.86. The molecular weight excluding hydrogens is 263 g/mol. The SMILES string of the molecule is COc1ccc(C#CCCBr)c(Cl)c1. The van der Waals surface area contributed by atoms with Crippen LogP contribution in [0.25, 0.3) is 0 Å². The summed E-state index contributed by atoms with van der Waals surface area (Å²) in [6.07, 6.45) is 0.822. The summed E-state index contributed by atoms with van der Waals surface area (Å²) in [7, 11) is 1.61. The van der Waals surface area contributed by atoms with Gasteiger partial charge in [0.05, 0.1) is 12.1 Å². The van der Waals surface area contributed by atoms with Crippen molar-refractivity contribution >= 4 is 27.5 Å². The summed E-state index contributed by atoms with van der Waals surface area (Å²) in [6.45, 7) is 0. The number of benzene rings is 1. The van der Waals surface area contributed by atoms with Gasteiger partial charge in [-0.25, -0.2) is 0 Å². The molecule has 0 amide bonds. The second kappa shape index (κ2) is 5.95. The summed E-state index contributed by atoms with van der Waals surface area (Å²) in [5.74, 6) is 6.76. The molecule has 0 aromatic heterocycles. The molecular formula is C11H10BrClO. The maximum atomic E-state index is 5.99. The van der Waals surface area contributed by atoms with Crippen LogP contribution in [0.4, 0.5) is 0 Å². The molecule has 0 atom stereocenters. The standard InChI is InChI=1S/C11H10BrClO/c1-14-10-6-5-9(11(13)8-10)4-2-3-7-12/h5-6,8H,3,7H2,1H3. The van der Waals surface area contributed by atoms with Crippen LogP contribution in [-0.2, 0) is 0 Å². The molecule has 0 radical (unpaired) electrons. The van der Waals surface area contributed by atoms with Gasteiger partial charge in [0.25, 0.3) is 0 Å². The Labute approximate surface area is 97.5 Å². The normalized spacial score (nSPS) is 9.07. The van der Waals surface area contributed by atoms with Crippen molar-refractivity contribution in [3.63, 3.8) is 0 Å². The first-order valence-electron chi connectivity index (χ1n) is 4.16. The van der Waals surface area contributed by atoms with E-state index in [2.05, 4.69) is 27.8 Å². The van der Waals surface area contributed by atoms with Crippen LogP contribution in [0.15, 0.2) is 18.2 Å². The smallest absolute Gasteiger partial charge is 0.120 e. The average molecular weight is 274 g/mol. The van der Waals surface area contributed by atoms with Crippen LogP contribution >= 0.6 is 27.5 Å². The maximum Gasteiger partial charge on any atom is 0.120 e. The Bertz CT molecular complexity index is 365. The van der Waals surface area contributed by atoms with Gasteiger partial charge in [-0.05, 0) is 18.2 Å². The van der Waals surface area contributed by atoms with Crippen molar-refractivity contribution in [2.24, 2.45) is 0 Å². The molecule has 0 saturated carbocycles. The second-order valence-electron chi connectivity index (χ2n) is 2.59. The van der Waals surface area contributed by atoms with E-state index >= 15 is 0 Å². The van der Waals surface area contributed by atoms with Crippen LogP contribution in [0.3, 0.4) is 0 Å². The zero-order chi connectivity index (χ0) is 10.4. The number of halogens is 2. The fourth-order valence-electron chi connectivity index (χ4n) is 0.929. The Hall–Kier alpha value is -0.650. The first kappa shape index (κ1) is 11.4. The second-order valence-corrected chi connectivity index (χ2v) is 3.79. The van der Waals surface area contributed by atoms with Gasteiger partial charge in [-0.15, -0.1) is 0 Å². The molecule has 0 heterocycles. The largest absolute Gasteiger partial charge is 0.497 e. The van der Waals surface area contributed by atoms with Crippen molar-refractivity contribution in [2.45, 2.75) is 6.42 Å². The molecule has 0 spiro atoms. The molecule has 0 unspecified atom stereocenters. The van der Waals surface area contributed by atoms with E-state index in [9.17, 15) is 0 Å². The number of hydrogen-bond acceptors (Lipinski definition) is 1. The predicted molar refractivity (Wildman–Crippen MR) is 63.3 cm³/mol. The molecule has 0 N–H and O–H groups in total. The van der Waals surface area contributed by atoms with Gasteiger partial charge < -0.3 is 4.74 Å². The number of alkyl halides is 1. The van der Waals surface area contributed by atoms with Crippen LogP contribution in [0.5, 0.6) is 5.75 Å². The molecule has 0 aliphatic heterocycles. The minimum atomic E-state index is 0.631. The van der Waals surface area contributed by atoms with E-state index in [0.717, 1.165) is 23.1 Å². The highest BCUT2D eigenvalue weighted by molar-refractivity contribution is 9.09. The average Bonchev–Trinajstić information content (AvgIpc) is 2.20. The van der Waals surface area contributed by atoms with Crippen molar-refractivity contribution in [3.05, 3.63) is 28.8 Å². The van der Waals surface area contributed by atoms with E-state index in [1.165, 1.54) is 0 Å². The van der Waals surface area contributed by atoms with E-state index in [1.807, 2.05) is 12.1 Å². The van der Waals surface area contributed by atoms with Crippen LogP contribution in [-0.4, -0.2) is 12.4 Å². The Morgan fingerprint density at radius 3 is 2.86 bits per heavy atom. The third kappa shape index (κ3) is 3.25. The molecule has 0 bridgehead atoms. The van der Waals surface area contributed by atoms with Crippen LogP contribution in [0.1, 0.15) is 12.0 Å². The Morgan fingerprint density at radius 2 is 2.29 bits per heavy atom. The van der Waals surface area contributed by atoms with E-state index in [-0.39, 0.29) is 0 Å².